The molecule has 88 valence electrons. The zero-order valence-electron chi connectivity index (χ0n) is 9.83. The minimum atomic E-state index is -0.425. The fourth-order valence-corrected chi connectivity index (χ4v) is 2.33. The van der Waals surface area contributed by atoms with Gasteiger partial charge in [-0.25, -0.2) is 0 Å². The van der Waals surface area contributed by atoms with Crippen molar-refractivity contribution in [2.24, 2.45) is 5.41 Å². The van der Waals surface area contributed by atoms with Crippen LogP contribution >= 0.6 is 15.9 Å². The van der Waals surface area contributed by atoms with E-state index in [9.17, 15) is 5.11 Å². The van der Waals surface area contributed by atoms with Crippen molar-refractivity contribution in [3.8, 4) is 5.75 Å². The first-order valence-electron chi connectivity index (χ1n) is 5.52. The van der Waals surface area contributed by atoms with Crippen molar-refractivity contribution >= 4 is 15.9 Å². The lowest BCUT2D eigenvalue weighted by Gasteiger charge is -2.37. The Balaban J connectivity index is 2.34. The van der Waals surface area contributed by atoms with Gasteiger partial charge in [-0.2, -0.15) is 0 Å². The molecule has 2 nitrogen and oxygen atoms in total. The van der Waals surface area contributed by atoms with E-state index in [2.05, 4.69) is 36.7 Å². The summed E-state index contributed by atoms with van der Waals surface area (Å²) in [6, 6.07) is 5.79. The summed E-state index contributed by atoms with van der Waals surface area (Å²) in [7, 11) is 0. The van der Waals surface area contributed by atoms with Crippen LogP contribution in [0.4, 0.5) is 0 Å². The van der Waals surface area contributed by atoms with Gasteiger partial charge in [-0.05, 0) is 23.6 Å². The summed E-state index contributed by atoms with van der Waals surface area (Å²) in [5.41, 5.74) is 0.932. The van der Waals surface area contributed by atoms with Crippen LogP contribution in [0.5, 0.6) is 5.75 Å². The fourth-order valence-electron chi connectivity index (χ4n) is 1.95. The van der Waals surface area contributed by atoms with Crippen LogP contribution in [-0.2, 0) is 0 Å². The maximum Gasteiger partial charge on any atom is 0.125 e. The first-order chi connectivity index (χ1) is 7.38. The van der Waals surface area contributed by atoms with E-state index in [0.717, 1.165) is 15.8 Å². The lowest BCUT2D eigenvalue weighted by molar-refractivity contribution is 0.00797. The molecular weight excluding hydrogens is 268 g/mol. The largest absolute Gasteiger partial charge is 0.489 e. The van der Waals surface area contributed by atoms with Gasteiger partial charge in [0.15, 0.2) is 0 Å². The van der Waals surface area contributed by atoms with Gasteiger partial charge in [-0.1, -0.05) is 36.7 Å². The Morgan fingerprint density at radius 3 is 2.69 bits per heavy atom. The maximum absolute atomic E-state index is 10.1. The van der Waals surface area contributed by atoms with Gasteiger partial charge in [0.1, 0.15) is 11.9 Å². The molecule has 2 rings (SSSR count). The highest BCUT2D eigenvalue weighted by Gasteiger charge is 2.34. The summed E-state index contributed by atoms with van der Waals surface area (Å²) >= 11 is 3.41. The van der Waals surface area contributed by atoms with E-state index >= 15 is 0 Å². The Hall–Kier alpha value is -0.540. The molecule has 0 saturated carbocycles. The molecule has 0 aromatic heterocycles. The van der Waals surface area contributed by atoms with Gasteiger partial charge < -0.3 is 9.84 Å². The van der Waals surface area contributed by atoms with Crippen LogP contribution in [-0.4, -0.2) is 11.2 Å². The smallest absolute Gasteiger partial charge is 0.125 e. The molecule has 1 aliphatic rings. The van der Waals surface area contributed by atoms with Crippen molar-refractivity contribution in [1.29, 1.82) is 0 Å². The van der Waals surface area contributed by atoms with E-state index in [1.54, 1.807) is 0 Å². The van der Waals surface area contributed by atoms with Crippen molar-refractivity contribution in [2.45, 2.75) is 39.4 Å². The van der Waals surface area contributed by atoms with Crippen LogP contribution in [0, 0.1) is 5.41 Å². The Labute approximate surface area is 105 Å². The predicted molar refractivity (Wildman–Crippen MR) is 67.6 cm³/mol. The van der Waals surface area contributed by atoms with Crippen LogP contribution in [0.3, 0.4) is 0 Å². The molecule has 0 spiro atoms. The SMILES string of the molecule is CC(C)(C)C1CC(O)c2cc(Br)ccc2O1. The molecule has 2 atom stereocenters. The van der Waals surface area contributed by atoms with E-state index in [1.165, 1.54) is 0 Å². The lowest BCUT2D eigenvalue weighted by Crippen LogP contribution is -2.36. The third-order valence-electron chi connectivity index (χ3n) is 3.00. The Morgan fingerprint density at radius 1 is 1.38 bits per heavy atom. The molecule has 1 heterocycles. The van der Waals surface area contributed by atoms with Crippen LogP contribution < -0.4 is 4.74 Å². The van der Waals surface area contributed by atoms with Gasteiger partial charge in [0, 0.05) is 16.5 Å². The molecule has 0 aliphatic carbocycles. The molecule has 2 unspecified atom stereocenters. The topological polar surface area (TPSA) is 29.5 Å². The number of benzene rings is 1. The molecule has 1 aliphatic heterocycles. The molecule has 16 heavy (non-hydrogen) atoms. The summed E-state index contributed by atoms with van der Waals surface area (Å²) in [6.45, 7) is 6.40. The highest BCUT2D eigenvalue weighted by atomic mass is 79.9. The average Bonchev–Trinajstić information content (AvgIpc) is 2.17. The highest BCUT2D eigenvalue weighted by molar-refractivity contribution is 9.10. The van der Waals surface area contributed by atoms with Crippen molar-refractivity contribution in [3.05, 3.63) is 28.2 Å². The van der Waals surface area contributed by atoms with E-state index in [1.807, 2.05) is 18.2 Å². The van der Waals surface area contributed by atoms with Crippen molar-refractivity contribution < 1.29 is 9.84 Å². The molecule has 0 saturated heterocycles. The molecule has 3 heteroatoms. The zero-order valence-corrected chi connectivity index (χ0v) is 11.4. The van der Waals surface area contributed by atoms with Gasteiger partial charge in [-0.3, -0.25) is 0 Å². The van der Waals surface area contributed by atoms with Crippen molar-refractivity contribution in [2.75, 3.05) is 0 Å². The molecule has 0 bridgehead atoms. The monoisotopic (exact) mass is 284 g/mol. The number of fused-ring (bicyclic) bond motifs is 1. The van der Waals surface area contributed by atoms with Crippen LogP contribution in [0.2, 0.25) is 0 Å². The van der Waals surface area contributed by atoms with Crippen molar-refractivity contribution in [3.63, 3.8) is 0 Å². The van der Waals surface area contributed by atoms with Gasteiger partial charge in [0.2, 0.25) is 0 Å². The van der Waals surface area contributed by atoms with Crippen molar-refractivity contribution in [1.82, 2.24) is 0 Å². The molecule has 1 N–H and O–H groups in total. The number of rotatable bonds is 0. The summed E-state index contributed by atoms with van der Waals surface area (Å²) in [4.78, 5) is 0. The fraction of sp³-hybridized carbons (Fsp3) is 0.538. The molecule has 1 aromatic carbocycles. The number of hydrogen-bond acceptors (Lipinski definition) is 2. The minimum absolute atomic E-state index is 0.0474. The van der Waals surface area contributed by atoms with E-state index in [4.69, 9.17) is 4.74 Å². The number of aliphatic hydroxyl groups is 1. The van der Waals surface area contributed by atoms with Gasteiger partial charge in [0.25, 0.3) is 0 Å². The second kappa shape index (κ2) is 4.04. The predicted octanol–water partition coefficient (Wildman–Crippen LogP) is 3.68. The standard InChI is InChI=1S/C13H17BrO2/c1-13(2,3)12-7-10(15)9-6-8(14)4-5-11(9)16-12/h4-6,10,12,15H,7H2,1-3H3. The van der Waals surface area contributed by atoms with Crippen LogP contribution in [0.25, 0.3) is 0 Å². The number of halogens is 1. The third kappa shape index (κ3) is 2.25. The van der Waals surface area contributed by atoms with E-state index < -0.39 is 6.10 Å². The number of aliphatic hydroxyl groups excluding tert-OH is 1. The molecule has 0 fully saturated rings. The first kappa shape index (κ1) is 11.9. The minimum Gasteiger partial charge on any atom is -0.489 e. The highest BCUT2D eigenvalue weighted by Crippen LogP contribution is 2.41. The summed E-state index contributed by atoms with van der Waals surface area (Å²) < 4.78 is 6.92. The van der Waals surface area contributed by atoms with Gasteiger partial charge in [0.05, 0.1) is 6.10 Å². The van der Waals surface area contributed by atoms with Crippen LogP contribution in [0.15, 0.2) is 22.7 Å². The van der Waals surface area contributed by atoms with Crippen LogP contribution in [0.1, 0.15) is 38.9 Å². The molecule has 1 aromatic rings. The second-order valence-electron chi connectivity index (χ2n) is 5.41. The second-order valence-corrected chi connectivity index (χ2v) is 6.32. The Kier molecular flexibility index (Phi) is 3.01. The Bertz CT molecular complexity index is 395. The first-order valence-corrected chi connectivity index (χ1v) is 6.31. The summed E-state index contributed by atoms with van der Waals surface area (Å²) in [5.74, 6) is 0.807. The van der Waals surface area contributed by atoms with Gasteiger partial charge >= 0.3 is 0 Å². The normalized spacial score (nSPS) is 24.8. The van der Waals surface area contributed by atoms with E-state index in [0.29, 0.717) is 6.42 Å². The lowest BCUT2D eigenvalue weighted by atomic mass is 9.83. The molecular formula is C13H17BrO2. The summed E-state index contributed by atoms with van der Waals surface area (Å²) in [5, 5.41) is 10.1. The number of hydrogen-bond donors (Lipinski definition) is 1. The Morgan fingerprint density at radius 2 is 2.06 bits per heavy atom. The van der Waals surface area contributed by atoms with Gasteiger partial charge in [-0.15, -0.1) is 0 Å². The quantitative estimate of drug-likeness (QED) is 0.788. The number of ether oxygens (including phenoxy) is 1. The zero-order chi connectivity index (χ0) is 11.9. The summed E-state index contributed by atoms with van der Waals surface area (Å²) in [6.07, 6.45) is 0.300. The average molecular weight is 285 g/mol. The maximum atomic E-state index is 10.1. The molecule has 0 amide bonds. The van der Waals surface area contributed by atoms with E-state index in [-0.39, 0.29) is 11.5 Å². The molecule has 0 radical (unpaired) electrons. The third-order valence-corrected chi connectivity index (χ3v) is 3.50.